The van der Waals surface area contributed by atoms with Gasteiger partial charge in [0.2, 0.25) is 0 Å². The number of anilines is 1. The Morgan fingerprint density at radius 1 is 1.21 bits per heavy atom. The van der Waals surface area contributed by atoms with Crippen LogP contribution in [0.25, 0.3) is 32.6 Å². The molecule has 1 aromatic carbocycles. The first-order valence-corrected chi connectivity index (χ1v) is 10.2. The van der Waals surface area contributed by atoms with E-state index in [0.29, 0.717) is 6.54 Å². The molecule has 4 rings (SSSR count). The van der Waals surface area contributed by atoms with E-state index >= 15 is 4.39 Å². The van der Waals surface area contributed by atoms with Crippen molar-refractivity contribution in [3.05, 3.63) is 60.1 Å². The molecule has 8 nitrogen and oxygen atoms in total. The molecular formula is C21H16F2LiN5O3S. The Balaban J connectivity index is 0.00000204. The van der Waals surface area contributed by atoms with Gasteiger partial charge >= 0.3 is 30.9 Å². The zero-order chi connectivity index (χ0) is 22.8. The summed E-state index contributed by atoms with van der Waals surface area (Å²) in [6.07, 6.45) is 3.84. The molecule has 0 saturated heterocycles. The first-order chi connectivity index (χ1) is 15.4. The van der Waals surface area contributed by atoms with Gasteiger partial charge in [-0.15, -0.1) is 0 Å². The number of halogens is 2. The van der Waals surface area contributed by atoms with E-state index in [1.165, 1.54) is 36.7 Å². The Kier molecular flexibility index (Phi) is 7.38. The van der Waals surface area contributed by atoms with Gasteiger partial charge in [0.1, 0.15) is 17.0 Å². The summed E-state index contributed by atoms with van der Waals surface area (Å²) in [5.74, 6) is -2.61. The van der Waals surface area contributed by atoms with Crippen molar-refractivity contribution in [1.82, 2.24) is 20.3 Å². The zero-order valence-corrected chi connectivity index (χ0v) is 18.3. The van der Waals surface area contributed by atoms with Crippen LogP contribution >= 0.6 is 11.3 Å². The Morgan fingerprint density at radius 3 is 2.70 bits per heavy atom. The van der Waals surface area contributed by atoms with Crippen LogP contribution in [0.2, 0.25) is 0 Å². The second-order valence-corrected chi connectivity index (χ2v) is 7.57. The van der Waals surface area contributed by atoms with Crippen molar-refractivity contribution < 1.29 is 43.8 Å². The van der Waals surface area contributed by atoms with Crippen LogP contribution in [0.15, 0.2) is 42.9 Å². The summed E-state index contributed by atoms with van der Waals surface area (Å²) in [6.45, 7) is 2.12. The summed E-state index contributed by atoms with van der Waals surface area (Å²) in [6, 6.07) is 4.77. The number of nitrogens with one attached hydrogen (secondary N) is 2. The summed E-state index contributed by atoms with van der Waals surface area (Å²) in [7, 11) is 0. The number of hydrogen-bond donors (Lipinski definition) is 3. The predicted octanol–water partition coefficient (Wildman–Crippen LogP) is 1.65. The third-order valence-corrected chi connectivity index (χ3v) is 5.48. The van der Waals surface area contributed by atoms with Crippen molar-refractivity contribution in [2.45, 2.75) is 6.92 Å². The van der Waals surface area contributed by atoms with E-state index in [2.05, 4.69) is 25.6 Å². The predicted molar refractivity (Wildman–Crippen MR) is 117 cm³/mol. The molecule has 3 N–H and O–H groups in total. The maximum Gasteiger partial charge on any atom is 1.00 e. The van der Waals surface area contributed by atoms with Gasteiger partial charge in [0, 0.05) is 41.8 Å². The number of hydrogen-bond acceptors (Lipinski definition) is 6. The van der Waals surface area contributed by atoms with Crippen LogP contribution in [-0.4, -0.2) is 38.6 Å². The summed E-state index contributed by atoms with van der Waals surface area (Å²) < 4.78 is 30.4. The number of aromatic nitrogens is 3. The molecule has 3 aromatic heterocycles. The van der Waals surface area contributed by atoms with E-state index in [-0.39, 0.29) is 63.6 Å². The van der Waals surface area contributed by atoms with E-state index in [1.54, 1.807) is 6.92 Å². The van der Waals surface area contributed by atoms with Crippen LogP contribution < -0.4 is 29.5 Å². The summed E-state index contributed by atoms with van der Waals surface area (Å²) >= 11 is 0.968. The Morgan fingerprint density at radius 2 is 2.00 bits per heavy atom. The molecule has 0 saturated carbocycles. The van der Waals surface area contributed by atoms with Crippen LogP contribution in [0.5, 0.6) is 0 Å². The third-order valence-electron chi connectivity index (χ3n) is 4.47. The van der Waals surface area contributed by atoms with E-state index in [4.69, 9.17) is 0 Å². The molecule has 0 bridgehead atoms. The second kappa shape index (κ2) is 10.0. The molecule has 164 valence electrons. The molecule has 12 heteroatoms. The van der Waals surface area contributed by atoms with Gasteiger partial charge < -0.3 is 11.8 Å². The van der Waals surface area contributed by atoms with Gasteiger partial charge in [-0.25, -0.2) is 23.4 Å². The van der Waals surface area contributed by atoms with Crippen molar-refractivity contribution in [3.63, 3.8) is 0 Å². The van der Waals surface area contributed by atoms with Gasteiger partial charge in [-0.05, 0) is 31.2 Å². The van der Waals surface area contributed by atoms with Crippen LogP contribution in [0.3, 0.4) is 0 Å². The maximum absolute atomic E-state index is 15.5. The summed E-state index contributed by atoms with van der Waals surface area (Å²) in [4.78, 5) is 35.3. The maximum atomic E-state index is 15.5. The van der Waals surface area contributed by atoms with Crippen molar-refractivity contribution in [3.8, 4) is 22.4 Å². The molecule has 0 spiro atoms. The monoisotopic (exact) mass is 463 g/mol. The second-order valence-electron chi connectivity index (χ2n) is 6.57. The number of rotatable bonds is 5. The molecule has 33 heavy (non-hydrogen) atoms. The number of carbonyl (C=O) groups excluding carboxylic acids is 1. The SMILES string of the molecule is CCNC(=O)Nc1nc2c(F)c(-c3cncc(C(=O)O)c3)cc(-c3ncccc3F)c2s1.[H-].[Li+]. The molecular weight excluding hydrogens is 447 g/mol. The third kappa shape index (κ3) is 4.85. The number of nitrogens with zero attached hydrogens (tertiary/aromatic N) is 3. The smallest absolute Gasteiger partial charge is 1.00 e. The number of amides is 2. The molecule has 4 aromatic rings. The van der Waals surface area contributed by atoms with Crippen LogP contribution in [0, 0.1) is 11.6 Å². The molecule has 0 fully saturated rings. The molecule has 0 radical (unpaired) electrons. The molecule has 0 aliphatic heterocycles. The fourth-order valence-corrected chi connectivity index (χ4v) is 4.05. The van der Waals surface area contributed by atoms with Crippen molar-refractivity contribution >= 4 is 38.7 Å². The molecule has 0 unspecified atom stereocenters. The first kappa shape index (κ1) is 24.3. The number of carboxylic acid groups (broad SMARTS) is 1. The number of urea groups is 1. The van der Waals surface area contributed by atoms with E-state index in [9.17, 15) is 19.1 Å². The summed E-state index contributed by atoms with van der Waals surface area (Å²) in [5, 5.41) is 14.4. The quantitative estimate of drug-likeness (QED) is 0.388. The standard InChI is InChI=1S/C21H15F2N5O3S.Li.H/c1-2-25-20(31)28-21-27-17-15(23)12(10-6-11(19(29)30)9-24-8-10)7-13(18(17)32-21)16-14(22)4-3-5-26-16;;/h3-9H,2H2,1H3,(H,29,30)(H2,25,27,28,31);;/q;+1;-1. The average molecular weight is 463 g/mol. The Bertz CT molecular complexity index is 1370. The van der Waals surface area contributed by atoms with E-state index in [0.717, 1.165) is 17.5 Å². The number of aromatic carboxylic acids is 1. The number of fused-ring (bicyclic) bond motifs is 1. The van der Waals surface area contributed by atoms with Crippen molar-refractivity contribution in [1.29, 1.82) is 0 Å². The largest absolute Gasteiger partial charge is 1.00 e. The summed E-state index contributed by atoms with van der Waals surface area (Å²) in [5.41, 5.74) is 0.117. The van der Waals surface area contributed by atoms with Crippen molar-refractivity contribution in [2.75, 3.05) is 11.9 Å². The average Bonchev–Trinajstić information content (AvgIpc) is 3.19. The van der Waals surface area contributed by atoms with E-state index < -0.39 is 23.6 Å². The number of carbonyl (C=O) groups is 2. The van der Waals surface area contributed by atoms with Gasteiger partial charge in [0.05, 0.1) is 10.3 Å². The zero-order valence-electron chi connectivity index (χ0n) is 18.5. The Hall–Kier alpha value is -3.39. The van der Waals surface area contributed by atoms with Gasteiger partial charge in [0.25, 0.3) is 0 Å². The minimum Gasteiger partial charge on any atom is -1.00 e. The van der Waals surface area contributed by atoms with Crippen LogP contribution in [0.4, 0.5) is 18.7 Å². The number of benzene rings is 1. The van der Waals surface area contributed by atoms with Gasteiger partial charge in [-0.1, -0.05) is 11.3 Å². The van der Waals surface area contributed by atoms with E-state index in [1.807, 2.05) is 0 Å². The van der Waals surface area contributed by atoms with Gasteiger partial charge in [-0.3, -0.25) is 15.3 Å². The fourth-order valence-electron chi connectivity index (χ4n) is 3.08. The van der Waals surface area contributed by atoms with Crippen LogP contribution in [0.1, 0.15) is 18.7 Å². The first-order valence-electron chi connectivity index (χ1n) is 9.36. The Labute approximate surface area is 203 Å². The normalized spacial score (nSPS) is 10.5. The molecule has 0 atom stereocenters. The number of pyridine rings is 2. The number of thiazole rings is 1. The minimum absolute atomic E-state index is 0. The van der Waals surface area contributed by atoms with Crippen molar-refractivity contribution in [2.24, 2.45) is 0 Å². The topological polar surface area (TPSA) is 117 Å². The van der Waals surface area contributed by atoms with Crippen LogP contribution in [-0.2, 0) is 0 Å². The molecule has 3 heterocycles. The molecule has 2 amide bonds. The molecule has 0 aliphatic carbocycles. The molecule has 0 aliphatic rings. The minimum atomic E-state index is -1.22. The van der Waals surface area contributed by atoms with Gasteiger partial charge in [-0.2, -0.15) is 0 Å². The van der Waals surface area contributed by atoms with Gasteiger partial charge in [0.15, 0.2) is 10.9 Å². The fraction of sp³-hybridized carbons (Fsp3) is 0.0952. The number of carboxylic acids is 1.